The summed E-state index contributed by atoms with van der Waals surface area (Å²) in [6.07, 6.45) is 0.529. The fraction of sp³-hybridized carbons (Fsp3) is 0.391. The van der Waals surface area contributed by atoms with E-state index in [-0.39, 0.29) is 11.8 Å². The molecule has 2 aromatic rings. The summed E-state index contributed by atoms with van der Waals surface area (Å²) in [7, 11) is 0. The molecule has 0 aliphatic rings. The molecule has 30 heavy (non-hydrogen) atoms. The second-order valence-corrected chi connectivity index (χ2v) is 8.87. The topological polar surface area (TPSA) is 49.4 Å². The molecule has 0 spiro atoms. The van der Waals surface area contributed by atoms with Crippen molar-refractivity contribution in [3.05, 3.63) is 69.2 Å². The molecule has 0 aliphatic heterocycles. The van der Waals surface area contributed by atoms with Gasteiger partial charge in [0.15, 0.2) is 0 Å². The van der Waals surface area contributed by atoms with E-state index in [1.165, 1.54) is 11.1 Å². The Bertz CT molecular complexity index is 859. The third-order valence-electron chi connectivity index (χ3n) is 4.69. The monoisotopic (exact) mass is 466 g/mol. The zero-order valence-corrected chi connectivity index (χ0v) is 19.9. The molecule has 4 nitrogen and oxygen atoms in total. The number of halogens is 2. The maximum absolute atomic E-state index is 13.1. The van der Waals surface area contributed by atoms with Crippen molar-refractivity contribution in [1.82, 2.24) is 10.2 Å². The first kappa shape index (κ1) is 24.6. The summed E-state index contributed by atoms with van der Waals surface area (Å²) in [4.78, 5) is 27.4. The lowest BCUT2D eigenvalue weighted by atomic mass is 10.1. The number of nitrogens with zero attached hydrogens (tertiary/aromatic N) is 1. The predicted molar refractivity (Wildman–Crippen MR) is 127 cm³/mol. The Morgan fingerprint density at radius 1 is 1.03 bits per heavy atom. The Morgan fingerprint density at radius 3 is 2.30 bits per heavy atom. The number of amides is 2. The zero-order chi connectivity index (χ0) is 22.1. The van der Waals surface area contributed by atoms with Crippen LogP contribution in [0, 0.1) is 6.92 Å². The lowest BCUT2D eigenvalue weighted by Gasteiger charge is -2.30. The number of benzene rings is 2. The van der Waals surface area contributed by atoms with Crippen LogP contribution < -0.4 is 5.32 Å². The molecule has 0 bridgehead atoms. The summed E-state index contributed by atoms with van der Waals surface area (Å²) in [5, 5.41) is 3.73. The van der Waals surface area contributed by atoms with Gasteiger partial charge in [-0.25, -0.2) is 0 Å². The Labute approximate surface area is 193 Å². The lowest BCUT2D eigenvalue weighted by Crippen LogP contribution is -2.49. The maximum atomic E-state index is 13.1. The third kappa shape index (κ3) is 7.22. The molecule has 0 saturated heterocycles. The van der Waals surface area contributed by atoms with Gasteiger partial charge in [0.2, 0.25) is 11.8 Å². The standard InChI is InChI=1S/C23H28Cl2N2O2S/c1-4-21(23(29)26-5-2)27(13-18-10-11-19(24)20(25)12-18)22(28)15-30-14-17-8-6-16(3)7-9-17/h6-12,21H,4-5,13-15H2,1-3H3,(H,26,29)/t21-/m0/s1. The Balaban J connectivity index is 2.13. The van der Waals surface area contributed by atoms with Gasteiger partial charge in [-0.2, -0.15) is 0 Å². The normalized spacial score (nSPS) is 11.8. The average Bonchev–Trinajstić information content (AvgIpc) is 2.72. The summed E-state index contributed by atoms with van der Waals surface area (Å²) < 4.78 is 0. The number of nitrogens with one attached hydrogen (secondary N) is 1. The second kappa shape index (κ2) is 12.2. The number of rotatable bonds is 10. The van der Waals surface area contributed by atoms with E-state index in [9.17, 15) is 9.59 Å². The van der Waals surface area contributed by atoms with Crippen molar-refractivity contribution in [2.24, 2.45) is 0 Å². The minimum atomic E-state index is -0.535. The van der Waals surface area contributed by atoms with Gasteiger partial charge < -0.3 is 10.2 Å². The molecular formula is C23H28Cl2N2O2S. The van der Waals surface area contributed by atoms with Gasteiger partial charge in [0, 0.05) is 18.8 Å². The number of hydrogen-bond donors (Lipinski definition) is 1. The van der Waals surface area contributed by atoms with E-state index in [0.29, 0.717) is 35.3 Å². The molecule has 0 heterocycles. The molecule has 0 fully saturated rings. The average molecular weight is 467 g/mol. The molecule has 0 saturated carbocycles. The first-order valence-corrected chi connectivity index (χ1v) is 11.9. The molecule has 0 aromatic heterocycles. The van der Waals surface area contributed by atoms with Crippen molar-refractivity contribution in [1.29, 1.82) is 0 Å². The second-order valence-electron chi connectivity index (χ2n) is 7.07. The van der Waals surface area contributed by atoms with Crippen molar-refractivity contribution in [2.75, 3.05) is 12.3 Å². The highest BCUT2D eigenvalue weighted by molar-refractivity contribution is 7.99. The molecular weight excluding hydrogens is 439 g/mol. The van der Waals surface area contributed by atoms with E-state index < -0.39 is 6.04 Å². The van der Waals surface area contributed by atoms with Gasteiger partial charge in [0.05, 0.1) is 15.8 Å². The fourth-order valence-electron chi connectivity index (χ4n) is 3.07. The highest BCUT2D eigenvalue weighted by Gasteiger charge is 2.28. The SMILES string of the molecule is CCNC(=O)[C@H](CC)N(Cc1ccc(Cl)c(Cl)c1)C(=O)CSCc1ccc(C)cc1. The van der Waals surface area contributed by atoms with E-state index in [0.717, 1.165) is 11.3 Å². The van der Waals surface area contributed by atoms with E-state index in [2.05, 4.69) is 29.6 Å². The molecule has 0 unspecified atom stereocenters. The van der Waals surface area contributed by atoms with E-state index in [4.69, 9.17) is 23.2 Å². The quantitative estimate of drug-likeness (QED) is 0.504. The molecule has 7 heteroatoms. The maximum Gasteiger partial charge on any atom is 0.242 e. The minimum absolute atomic E-state index is 0.0729. The predicted octanol–water partition coefficient (Wildman–Crippen LogP) is 5.48. The van der Waals surface area contributed by atoms with Crippen LogP contribution in [0.15, 0.2) is 42.5 Å². The third-order valence-corrected chi connectivity index (χ3v) is 6.42. The Kier molecular flexibility index (Phi) is 10.0. The Hall–Kier alpha value is -1.69. The summed E-state index contributed by atoms with van der Waals surface area (Å²) in [5.41, 5.74) is 3.22. The van der Waals surface area contributed by atoms with Crippen LogP contribution in [-0.2, 0) is 21.9 Å². The largest absolute Gasteiger partial charge is 0.355 e. The molecule has 2 aromatic carbocycles. The van der Waals surface area contributed by atoms with Crippen molar-refractivity contribution in [2.45, 2.75) is 45.5 Å². The van der Waals surface area contributed by atoms with Crippen LogP contribution in [0.25, 0.3) is 0 Å². The summed E-state index contributed by atoms with van der Waals surface area (Å²) in [6.45, 7) is 6.65. The minimum Gasteiger partial charge on any atom is -0.355 e. The van der Waals surface area contributed by atoms with Gasteiger partial charge in [0.1, 0.15) is 6.04 Å². The highest BCUT2D eigenvalue weighted by atomic mass is 35.5. The molecule has 0 aliphatic carbocycles. The van der Waals surface area contributed by atoms with Gasteiger partial charge in [-0.05, 0) is 43.5 Å². The summed E-state index contributed by atoms with van der Waals surface area (Å²) in [6, 6.07) is 13.0. The van der Waals surface area contributed by atoms with Crippen molar-refractivity contribution < 1.29 is 9.59 Å². The van der Waals surface area contributed by atoms with Crippen molar-refractivity contribution in [3.8, 4) is 0 Å². The van der Waals surface area contributed by atoms with Crippen molar-refractivity contribution in [3.63, 3.8) is 0 Å². The van der Waals surface area contributed by atoms with Gasteiger partial charge >= 0.3 is 0 Å². The van der Waals surface area contributed by atoms with Gasteiger partial charge in [-0.15, -0.1) is 11.8 Å². The lowest BCUT2D eigenvalue weighted by molar-refractivity contribution is -0.139. The van der Waals surface area contributed by atoms with Crippen LogP contribution in [0.3, 0.4) is 0 Å². The van der Waals surface area contributed by atoms with Crippen molar-refractivity contribution >= 4 is 46.8 Å². The van der Waals surface area contributed by atoms with Gasteiger partial charge in [0.25, 0.3) is 0 Å². The van der Waals surface area contributed by atoms with Crippen LogP contribution in [-0.4, -0.2) is 35.1 Å². The van der Waals surface area contributed by atoms with Crippen LogP contribution in [0.1, 0.15) is 37.0 Å². The Morgan fingerprint density at radius 2 is 1.70 bits per heavy atom. The number of hydrogen-bond acceptors (Lipinski definition) is 3. The first-order valence-electron chi connectivity index (χ1n) is 10.00. The molecule has 162 valence electrons. The molecule has 0 radical (unpaired) electrons. The fourth-order valence-corrected chi connectivity index (χ4v) is 4.26. The van der Waals surface area contributed by atoms with Crippen LogP contribution in [0.5, 0.6) is 0 Å². The highest BCUT2D eigenvalue weighted by Crippen LogP contribution is 2.24. The summed E-state index contributed by atoms with van der Waals surface area (Å²) >= 11 is 13.7. The van der Waals surface area contributed by atoms with E-state index >= 15 is 0 Å². The number of carbonyl (C=O) groups excluding carboxylic acids is 2. The number of likely N-dealkylation sites (N-methyl/N-ethyl adjacent to an activating group) is 1. The zero-order valence-electron chi connectivity index (χ0n) is 17.6. The molecule has 1 atom stereocenters. The van der Waals surface area contributed by atoms with Gasteiger partial charge in [-0.1, -0.05) is 66.0 Å². The molecule has 2 amide bonds. The number of carbonyl (C=O) groups is 2. The van der Waals surface area contributed by atoms with E-state index in [1.807, 2.05) is 26.8 Å². The summed E-state index contributed by atoms with van der Waals surface area (Å²) in [5.74, 6) is 0.823. The van der Waals surface area contributed by atoms with Gasteiger partial charge in [-0.3, -0.25) is 9.59 Å². The molecule has 1 N–H and O–H groups in total. The number of thioether (sulfide) groups is 1. The smallest absolute Gasteiger partial charge is 0.242 e. The molecule has 2 rings (SSSR count). The van der Waals surface area contributed by atoms with Crippen LogP contribution >= 0.6 is 35.0 Å². The first-order chi connectivity index (χ1) is 14.3. The van der Waals surface area contributed by atoms with Crippen LogP contribution in [0.2, 0.25) is 10.0 Å². The van der Waals surface area contributed by atoms with Crippen LogP contribution in [0.4, 0.5) is 0 Å². The number of aryl methyl sites for hydroxylation is 1. The van der Waals surface area contributed by atoms with E-state index in [1.54, 1.807) is 28.8 Å².